The molecule has 2 saturated heterocycles. The first kappa shape index (κ1) is 20.4. The van der Waals surface area contributed by atoms with Crippen LogP contribution in [0.3, 0.4) is 0 Å². The molecule has 1 spiro atoms. The molecule has 0 saturated carbocycles. The number of ether oxygens (including phenoxy) is 1. The highest BCUT2D eigenvalue weighted by Crippen LogP contribution is 2.57. The van der Waals surface area contributed by atoms with Crippen LogP contribution in [0.1, 0.15) is 32.4 Å². The monoisotopic (exact) mass is 549 g/mol. The molecule has 3 aliphatic rings. The minimum atomic E-state index is -2.04. The lowest BCUT2D eigenvalue weighted by Crippen LogP contribution is -2.51. The number of ketones is 2. The van der Waals surface area contributed by atoms with Crippen molar-refractivity contribution in [3.63, 3.8) is 0 Å². The van der Waals surface area contributed by atoms with Crippen LogP contribution in [0.5, 0.6) is 0 Å². The molecule has 162 valence electrons. The zero-order valence-electron chi connectivity index (χ0n) is 17.1. The number of amides is 2. The molecule has 33 heavy (non-hydrogen) atoms. The van der Waals surface area contributed by atoms with Gasteiger partial charge in [-0.05, 0) is 52.4 Å². The van der Waals surface area contributed by atoms with Crippen molar-refractivity contribution in [3.8, 4) is 0 Å². The SMILES string of the molecule is O=C1C2C(c3ccccc3)OC3(C(=O)c4ccccc4C3=O)C2C(=O)N1c1ccc(I)cc1. The van der Waals surface area contributed by atoms with E-state index in [-0.39, 0.29) is 11.1 Å². The number of imide groups is 1. The first-order valence-electron chi connectivity index (χ1n) is 10.5. The van der Waals surface area contributed by atoms with Gasteiger partial charge in [0.1, 0.15) is 0 Å². The highest BCUT2D eigenvalue weighted by Gasteiger charge is 2.74. The lowest BCUT2D eigenvalue weighted by atomic mass is 9.77. The number of carbonyl (C=O) groups excluding carboxylic acids is 4. The molecule has 0 radical (unpaired) electrons. The summed E-state index contributed by atoms with van der Waals surface area (Å²) in [5.74, 6) is -4.37. The van der Waals surface area contributed by atoms with E-state index in [1.165, 1.54) is 0 Å². The van der Waals surface area contributed by atoms with Crippen LogP contribution in [0, 0.1) is 15.4 Å². The predicted octanol–water partition coefficient (Wildman–Crippen LogP) is 3.99. The van der Waals surface area contributed by atoms with Gasteiger partial charge in [0.25, 0.3) is 0 Å². The second-order valence-electron chi connectivity index (χ2n) is 8.38. The van der Waals surface area contributed by atoms with Crippen LogP contribution < -0.4 is 4.90 Å². The Morgan fingerprint density at radius 2 is 1.30 bits per heavy atom. The van der Waals surface area contributed by atoms with Crippen molar-refractivity contribution in [1.29, 1.82) is 0 Å². The molecule has 2 fully saturated rings. The van der Waals surface area contributed by atoms with Crippen LogP contribution in [-0.4, -0.2) is 29.0 Å². The fourth-order valence-corrected chi connectivity index (χ4v) is 5.67. The summed E-state index contributed by atoms with van der Waals surface area (Å²) < 4.78 is 7.20. The number of fused-ring (bicyclic) bond motifs is 3. The Kier molecular flexibility index (Phi) is 4.44. The molecule has 0 aromatic heterocycles. The average molecular weight is 549 g/mol. The standard InChI is InChI=1S/C26H16INO5/c27-15-10-12-16(13-11-15)28-24(31)19-20(25(28)32)26(33-21(19)14-6-2-1-3-7-14)22(29)17-8-4-5-9-18(17)23(26)30/h1-13,19-21H. The van der Waals surface area contributed by atoms with E-state index in [4.69, 9.17) is 4.74 Å². The molecule has 3 aromatic carbocycles. The average Bonchev–Trinajstić information content (AvgIpc) is 3.41. The van der Waals surface area contributed by atoms with Crippen LogP contribution in [0.2, 0.25) is 0 Å². The summed E-state index contributed by atoms with van der Waals surface area (Å²) in [6.07, 6.45) is -0.899. The van der Waals surface area contributed by atoms with E-state index in [1.807, 2.05) is 6.07 Å². The van der Waals surface area contributed by atoms with Gasteiger partial charge < -0.3 is 4.74 Å². The number of benzene rings is 3. The minimum Gasteiger partial charge on any atom is -0.349 e. The molecule has 2 amide bonds. The Bertz CT molecular complexity index is 1320. The number of nitrogens with zero attached hydrogens (tertiary/aromatic N) is 1. The van der Waals surface area contributed by atoms with Crippen molar-refractivity contribution < 1.29 is 23.9 Å². The molecule has 6 rings (SSSR count). The van der Waals surface area contributed by atoms with E-state index in [1.54, 1.807) is 72.8 Å². The maximum Gasteiger partial charge on any atom is 0.241 e. The fourth-order valence-electron chi connectivity index (χ4n) is 5.31. The summed E-state index contributed by atoms with van der Waals surface area (Å²) in [6.45, 7) is 0. The lowest BCUT2D eigenvalue weighted by Gasteiger charge is -2.27. The van der Waals surface area contributed by atoms with Crippen LogP contribution in [0.15, 0.2) is 78.9 Å². The molecule has 2 heterocycles. The van der Waals surface area contributed by atoms with Gasteiger partial charge in [-0.15, -0.1) is 0 Å². The molecule has 1 aliphatic carbocycles. The molecule has 3 unspecified atom stereocenters. The number of hydrogen-bond donors (Lipinski definition) is 0. The molecule has 3 aromatic rings. The van der Waals surface area contributed by atoms with Gasteiger partial charge in [0.05, 0.1) is 23.6 Å². The van der Waals surface area contributed by atoms with E-state index in [0.29, 0.717) is 11.3 Å². The maximum atomic E-state index is 13.8. The van der Waals surface area contributed by atoms with Crippen LogP contribution in [-0.2, 0) is 14.3 Å². The zero-order chi connectivity index (χ0) is 22.9. The normalized spacial score (nSPS) is 25.1. The number of Topliss-reactive ketones (excluding diaryl/α,β-unsaturated/α-hetero) is 2. The second kappa shape index (κ2) is 7.16. The Balaban J connectivity index is 1.55. The van der Waals surface area contributed by atoms with E-state index in [2.05, 4.69) is 22.6 Å². The Labute approximate surface area is 202 Å². The van der Waals surface area contributed by atoms with Gasteiger partial charge in [0.2, 0.25) is 29.0 Å². The summed E-state index contributed by atoms with van der Waals surface area (Å²) in [7, 11) is 0. The molecule has 6 nitrogen and oxygen atoms in total. The Morgan fingerprint density at radius 1 is 0.727 bits per heavy atom. The first-order valence-corrected chi connectivity index (χ1v) is 11.6. The summed E-state index contributed by atoms with van der Waals surface area (Å²) in [5.41, 5.74) is -0.533. The number of halogens is 1. The Morgan fingerprint density at radius 3 is 1.91 bits per heavy atom. The van der Waals surface area contributed by atoms with Crippen molar-refractivity contribution in [2.75, 3.05) is 4.90 Å². The van der Waals surface area contributed by atoms with Crippen molar-refractivity contribution in [3.05, 3.63) is 99.1 Å². The maximum absolute atomic E-state index is 13.8. The topological polar surface area (TPSA) is 80.8 Å². The third kappa shape index (κ3) is 2.63. The van der Waals surface area contributed by atoms with Crippen LogP contribution in [0.25, 0.3) is 0 Å². The molecule has 0 N–H and O–H groups in total. The predicted molar refractivity (Wildman–Crippen MR) is 127 cm³/mol. The number of hydrogen-bond acceptors (Lipinski definition) is 5. The molecule has 7 heteroatoms. The van der Waals surface area contributed by atoms with Gasteiger partial charge in [-0.1, -0.05) is 54.6 Å². The number of anilines is 1. The van der Waals surface area contributed by atoms with Gasteiger partial charge in [0, 0.05) is 14.7 Å². The van der Waals surface area contributed by atoms with Crippen molar-refractivity contribution in [2.24, 2.45) is 11.8 Å². The quantitative estimate of drug-likeness (QED) is 0.275. The van der Waals surface area contributed by atoms with Gasteiger partial charge in [-0.2, -0.15) is 0 Å². The summed E-state index contributed by atoms with van der Waals surface area (Å²) in [4.78, 5) is 55.9. The third-order valence-electron chi connectivity index (χ3n) is 6.73. The highest BCUT2D eigenvalue weighted by atomic mass is 127. The highest BCUT2D eigenvalue weighted by molar-refractivity contribution is 14.1. The van der Waals surface area contributed by atoms with Crippen molar-refractivity contribution in [2.45, 2.75) is 11.7 Å². The lowest BCUT2D eigenvalue weighted by molar-refractivity contribution is -0.127. The minimum absolute atomic E-state index is 0.225. The number of carbonyl (C=O) groups is 4. The third-order valence-corrected chi connectivity index (χ3v) is 7.45. The van der Waals surface area contributed by atoms with Gasteiger partial charge in [-0.25, -0.2) is 4.90 Å². The smallest absolute Gasteiger partial charge is 0.241 e. The molecule has 0 bridgehead atoms. The summed E-state index contributed by atoms with van der Waals surface area (Å²) >= 11 is 2.14. The second-order valence-corrected chi connectivity index (χ2v) is 9.63. The van der Waals surface area contributed by atoms with Gasteiger partial charge in [-0.3, -0.25) is 19.2 Å². The number of rotatable bonds is 2. The van der Waals surface area contributed by atoms with Gasteiger partial charge in [0.15, 0.2) is 0 Å². The fraction of sp³-hybridized carbons (Fsp3) is 0.154. The summed E-state index contributed by atoms with van der Waals surface area (Å²) in [6, 6.07) is 22.4. The van der Waals surface area contributed by atoms with E-state index in [0.717, 1.165) is 8.47 Å². The molecule has 2 aliphatic heterocycles. The van der Waals surface area contributed by atoms with Crippen LogP contribution >= 0.6 is 22.6 Å². The molecular weight excluding hydrogens is 533 g/mol. The van der Waals surface area contributed by atoms with Crippen molar-refractivity contribution >= 4 is 51.7 Å². The van der Waals surface area contributed by atoms with E-state index in [9.17, 15) is 19.2 Å². The molecular formula is C26H16INO5. The van der Waals surface area contributed by atoms with Crippen molar-refractivity contribution in [1.82, 2.24) is 0 Å². The zero-order valence-corrected chi connectivity index (χ0v) is 19.3. The summed E-state index contributed by atoms with van der Waals surface area (Å²) in [5, 5.41) is 0. The van der Waals surface area contributed by atoms with Gasteiger partial charge >= 0.3 is 0 Å². The van der Waals surface area contributed by atoms with Crippen LogP contribution in [0.4, 0.5) is 5.69 Å². The molecule has 3 atom stereocenters. The van der Waals surface area contributed by atoms with E-state index >= 15 is 0 Å². The Hall–Kier alpha value is -3.17. The largest absolute Gasteiger partial charge is 0.349 e. The van der Waals surface area contributed by atoms with E-state index < -0.39 is 46.9 Å². The first-order chi connectivity index (χ1) is 15.9.